The highest BCUT2D eigenvalue weighted by atomic mass is 16.4. The standard InChI is InChI=1S/C12H13N3O4/c13-5-8-2-1-3-9(4-8)6-14-12(19)15-10(7-16)11(17)18/h1-4,10,16H,6-7H2,(H,17,18)(H2,14,15,19)/t10-/m1/s1. The lowest BCUT2D eigenvalue weighted by molar-refractivity contribution is -0.140. The average Bonchev–Trinajstić information content (AvgIpc) is 2.42. The maximum Gasteiger partial charge on any atom is 0.328 e. The largest absolute Gasteiger partial charge is 0.480 e. The highest BCUT2D eigenvalue weighted by Crippen LogP contribution is 2.03. The van der Waals surface area contributed by atoms with Gasteiger partial charge in [-0.2, -0.15) is 5.26 Å². The van der Waals surface area contributed by atoms with E-state index in [9.17, 15) is 9.59 Å². The summed E-state index contributed by atoms with van der Waals surface area (Å²) in [5.41, 5.74) is 1.18. The van der Waals surface area contributed by atoms with E-state index in [0.29, 0.717) is 11.1 Å². The molecular weight excluding hydrogens is 250 g/mol. The number of aliphatic hydroxyl groups is 1. The first-order valence-corrected chi connectivity index (χ1v) is 5.44. The predicted octanol–water partition coefficient (Wildman–Crippen LogP) is -0.197. The van der Waals surface area contributed by atoms with Crippen molar-refractivity contribution in [2.24, 2.45) is 0 Å². The zero-order valence-electron chi connectivity index (χ0n) is 9.96. The van der Waals surface area contributed by atoms with Gasteiger partial charge in [-0.25, -0.2) is 9.59 Å². The van der Waals surface area contributed by atoms with Gasteiger partial charge in [0.2, 0.25) is 0 Å². The van der Waals surface area contributed by atoms with Crippen LogP contribution in [-0.4, -0.2) is 34.9 Å². The molecule has 1 rings (SSSR count). The molecule has 0 saturated heterocycles. The van der Waals surface area contributed by atoms with Crippen LogP contribution in [0.2, 0.25) is 0 Å². The van der Waals surface area contributed by atoms with Crippen LogP contribution in [0.4, 0.5) is 4.79 Å². The molecule has 0 saturated carbocycles. The number of urea groups is 1. The number of carbonyl (C=O) groups excluding carboxylic acids is 1. The summed E-state index contributed by atoms with van der Waals surface area (Å²) in [4.78, 5) is 22.0. The molecule has 2 amide bonds. The molecule has 1 aromatic carbocycles. The molecule has 1 aromatic rings. The zero-order chi connectivity index (χ0) is 14.3. The molecule has 0 spiro atoms. The van der Waals surface area contributed by atoms with Crippen molar-refractivity contribution in [3.63, 3.8) is 0 Å². The minimum atomic E-state index is -1.34. The smallest absolute Gasteiger partial charge is 0.328 e. The monoisotopic (exact) mass is 263 g/mol. The summed E-state index contributed by atoms with van der Waals surface area (Å²) < 4.78 is 0. The molecule has 7 nitrogen and oxygen atoms in total. The van der Waals surface area contributed by atoms with Crippen molar-refractivity contribution in [3.8, 4) is 6.07 Å². The number of hydrogen-bond acceptors (Lipinski definition) is 4. The molecule has 0 aliphatic rings. The number of aliphatic hydroxyl groups excluding tert-OH is 1. The highest BCUT2D eigenvalue weighted by molar-refractivity contribution is 5.82. The van der Waals surface area contributed by atoms with Gasteiger partial charge in [-0.15, -0.1) is 0 Å². The lowest BCUT2D eigenvalue weighted by atomic mass is 10.1. The topological polar surface area (TPSA) is 122 Å². The molecule has 4 N–H and O–H groups in total. The molecule has 1 atom stereocenters. The number of carboxylic acids is 1. The number of carboxylic acid groups (broad SMARTS) is 1. The molecule has 100 valence electrons. The van der Waals surface area contributed by atoms with Crippen molar-refractivity contribution in [1.82, 2.24) is 10.6 Å². The van der Waals surface area contributed by atoms with Crippen LogP contribution in [0, 0.1) is 11.3 Å². The Bertz CT molecular complexity index is 510. The van der Waals surface area contributed by atoms with Gasteiger partial charge in [-0.05, 0) is 17.7 Å². The van der Waals surface area contributed by atoms with Crippen LogP contribution in [0.1, 0.15) is 11.1 Å². The third kappa shape index (κ3) is 4.65. The summed E-state index contributed by atoms with van der Waals surface area (Å²) in [5, 5.41) is 30.6. The quantitative estimate of drug-likeness (QED) is 0.586. The lowest BCUT2D eigenvalue weighted by Gasteiger charge is -2.12. The van der Waals surface area contributed by atoms with Crippen molar-refractivity contribution in [2.45, 2.75) is 12.6 Å². The van der Waals surface area contributed by atoms with Gasteiger partial charge in [0.05, 0.1) is 18.2 Å². The number of aliphatic carboxylic acids is 1. The van der Waals surface area contributed by atoms with Crippen LogP contribution in [0.15, 0.2) is 24.3 Å². The van der Waals surface area contributed by atoms with E-state index in [2.05, 4.69) is 10.6 Å². The first-order chi connectivity index (χ1) is 9.06. The summed E-state index contributed by atoms with van der Waals surface area (Å²) in [7, 11) is 0. The molecule has 7 heteroatoms. The summed E-state index contributed by atoms with van der Waals surface area (Å²) in [6.07, 6.45) is 0. The summed E-state index contributed by atoms with van der Waals surface area (Å²) in [5.74, 6) is -1.32. The third-order valence-corrected chi connectivity index (χ3v) is 2.30. The van der Waals surface area contributed by atoms with E-state index < -0.39 is 24.6 Å². The van der Waals surface area contributed by atoms with E-state index in [0.717, 1.165) is 0 Å². The van der Waals surface area contributed by atoms with Crippen LogP contribution < -0.4 is 10.6 Å². The van der Waals surface area contributed by atoms with Gasteiger partial charge in [0, 0.05) is 6.54 Å². The van der Waals surface area contributed by atoms with Gasteiger partial charge in [0.1, 0.15) is 0 Å². The Morgan fingerprint density at radius 3 is 2.74 bits per heavy atom. The number of carbonyl (C=O) groups is 2. The van der Waals surface area contributed by atoms with Crippen molar-refractivity contribution >= 4 is 12.0 Å². The average molecular weight is 263 g/mol. The van der Waals surface area contributed by atoms with Gasteiger partial charge >= 0.3 is 12.0 Å². The van der Waals surface area contributed by atoms with Crippen molar-refractivity contribution in [1.29, 1.82) is 5.26 Å². The van der Waals surface area contributed by atoms with Crippen LogP contribution in [0.5, 0.6) is 0 Å². The second kappa shape index (κ2) is 6.98. The van der Waals surface area contributed by atoms with Crippen LogP contribution in [0.25, 0.3) is 0 Å². The molecule has 19 heavy (non-hydrogen) atoms. The Hall–Kier alpha value is -2.59. The maximum absolute atomic E-state index is 11.4. The van der Waals surface area contributed by atoms with E-state index in [4.69, 9.17) is 15.5 Å². The minimum Gasteiger partial charge on any atom is -0.480 e. The Balaban J connectivity index is 2.50. The van der Waals surface area contributed by atoms with Gasteiger partial charge in [0.25, 0.3) is 0 Å². The molecule has 0 aliphatic carbocycles. The predicted molar refractivity (Wildman–Crippen MR) is 65.0 cm³/mol. The summed E-state index contributed by atoms with van der Waals surface area (Å²) in [6.45, 7) is -0.536. The first-order valence-electron chi connectivity index (χ1n) is 5.44. The number of nitriles is 1. The fourth-order valence-electron chi connectivity index (χ4n) is 1.33. The number of hydrogen-bond donors (Lipinski definition) is 4. The number of nitrogens with zero attached hydrogens (tertiary/aromatic N) is 1. The summed E-state index contributed by atoms with van der Waals surface area (Å²) in [6, 6.07) is 6.58. The van der Waals surface area contributed by atoms with Crippen molar-refractivity contribution in [3.05, 3.63) is 35.4 Å². The SMILES string of the molecule is N#Cc1cccc(CNC(=O)N[C@H](CO)C(=O)O)c1. The normalized spacial score (nSPS) is 11.2. The maximum atomic E-state index is 11.4. The third-order valence-electron chi connectivity index (χ3n) is 2.30. The minimum absolute atomic E-state index is 0.152. The van der Waals surface area contributed by atoms with E-state index >= 15 is 0 Å². The van der Waals surface area contributed by atoms with Crippen LogP contribution >= 0.6 is 0 Å². The Morgan fingerprint density at radius 1 is 1.42 bits per heavy atom. The Labute approximate surface area is 109 Å². The molecular formula is C12H13N3O4. The molecule has 0 radical (unpaired) electrons. The Kier molecular flexibility index (Phi) is 5.32. The fourth-order valence-corrected chi connectivity index (χ4v) is 1.33. The van der Waals surface area contributed by atoms with Gasteiger partial charge in [0.15, 0.2) is 6.04 Å². The Morgan fingerprint density at radius 2 is 2.16 bits per heavy atom. The van der Waals surface area contributed by atoms with Crippen LogP contribution in [0.3, 0.4) is 0 Å². The zero-order valence-corrected chi connectivity index (χ0v) is 9.96. The second-order valence-corrected chi connectivity index (χ2v) is 3.71. The highest BCUT2D eigenvalue weighted by Gasteiger charge is 2.18. The molecule has 0 aromatic heterocycles. The van der Waals surface area contributed by atoms with Gasteiger partial charge in [-0.3, -0.25) is 0 Å². The molecule has 0 bridgehead atoms. The first kappa shape index (κ1) is 14.5. The number of rotatable bonds is 5. The van der Waals surface area contributed by atoms with Crippen molar-refractivity contribution in [2.75, 3.05) is 6.61 Å². The number of nitrogens with one attached hydrogen (secondary N) is 2. The molecule has 0 fully saturated rings. The number of amides is 2. The fraction of sp³-hybridized carbons (Fsp3) is 0.250. The molecule has 0 aliphatic heterocycles. The van der Waals surface area contributed by atoms with Gasteiger partial charge < -0.3 is 20.8 Å². The summed E-state index contributed by atoms with van der Waals surface area (Å²) >= 11 is 0. The van der Waals surface area contributed by atoms with E-state index in [1.807, 2.05) is 6.07 Å². The molecule has 0 heterocycles. The molecule has 0 unspecified atom stereocenters. The lowest BCUT2D eigenvalue weighted by Crippen LogP contribution is -2.47. The van der Waals surface area contributed by atoms with E-state index in [-0.39, 0.29) is 6.54 Å². The number of benzene rings is 1. The second-order valence-electron chi connectivity index (χ2n) is 3.71. The van der Waals surface area contributed by atoms with Crippen LogP contribution in [-0.2, 0) is 11.3 Å². The van der Waals surface area contributed by atoms with Gasteiger partial charge in [-0.1, -0.05) is 12.1 Å². The van der Waals surface area contributed by atoms with E-state index in [1.54, 1.807) is 24.3 Å². The van der Waals surface area contributed by atoms with E-state index in [1.165, 1.54) is 0 Å². The van der Waals surface area contributed by atoms with Crippen molar-refractivity contribution < 1.29 is 19.8 Å².